The van der Waals surface area contributed by atoms with Crippen LogP contribution in [0.15, 0.2) is 36.4 Å². The number of hydrogen-bond acceptors (Lipinski definition) is 4. The lowest BCUT2D eigenvalue weighted by Crippen LogP contribution is -2.24. The van der Waals surface area contributed by atoms with Crippen LogP contribution < -0.4 is 10.1 Å². The minimum absolute atomic E-state index is 0.101. The van der Waals surface area contributed by atoms with Gasteiger partial charge in [0.25, 0.3) is 5.91 Å². The summed E-state index contributed by atoms with van der Waals surface area (Å²) in [6.45, 7) is 0.846. The van der Waals surface area contributed by atoms with E-state index >= 15 is 0 Å². The van der Waals surface area contributed by atoms with Gasteiger partial charge in [-0.15, -0.1) is 0 Å². The number of halogens is 3. The molecule has 2 rings (SSSR count). The van der Waals surface area contributed by atoms with Gasteiger partial charge >= 0.3 is 5.97 Å². The second kappa shape index (κ2) is 8.69. The van der Waals surface area contributed by atoms with Gasteiger partial charge < -0.3 is 14.8 Å². The van der Waals surface area contributed by atoms with Gasteiger partial charge in [0.1, 0.15) is 11.6 Å². The molecule has 0 radical (unpaired) electrons. The lowest BCUT2D eigenvalue weighted by atomic mass is 10.2. The van der Waals surface area contributed by atoms with Gasteiger partial charge in [0.05, 0.1) is 10.7 Å². The first-order valence-electron chi connectivity index (χ1n) is 7.14. The molecule has 0 bridgehead atoms. The Morgan fingerprint density at radius 2 is 1.88 bits per heavy atom. The van der Waals surface area contributed by atoms with E-state index in [-0.39, 0.29) is 10.7 Å². The van der Waals surface area contributed by atoms with Crippen LogP contribution in [0.4, 0.5) is 10.1 Å². The molecule has 0 fully saturated rings. The molecule has 0 heterocycles. The van der Waals surface area contributed by atoms with Crippen molar-refractivity contribution >= 4 is 40.8 Å². The molecule has 1 amide bonds. The quantitative estimate of drug-likeness (QED) is 0.763. The lowest BCUT2D eigenvalue weighted by molar-refractivity contribution is -0.149. The van der Waals surface area contributed by atoms with E-state index in [4.69, 9.17) is 32.7 Å². The molecule has 1 N–H and O–H groups in total. The number of aryl methyl sites for hydroxylation is 1. The summed E-state index contributed by atoms with van der Waals surface area (Å²) >= 11 is 11.7. The van der Waals surface area contributed by atoms with Crippen LogP contribution in [0.5, 0.6) is 5.75 Å². The molecule has 2 aromatic rings. The predicted molar refractivity (Wildman–Crippen MR) is 92.7 cm³/mol. The van der Waals surface area contributed by atoms with Gasteiger partial charge in [-0.25, -0.2) is 9.18 Å². The summed E-state index contributed by atoms with van der Waals surface area (Å²) in [7, 11) is 0. The standard InChI is InChI=1S/C17H14Cl2FNO4/c1-10-2-4-12(19)15(6-10)24-9-17(23)25-8-16(22)21-14-7-11(18)3-5-13(14)20/h2-7H,8-9H2,1H3,(H,21,22). The minimum atomic E-state index is -0.765. The van der Waals surface area contributed by atoms with Gasteiger partial charge in [0.2, 0.25) is 0 Å². The van der Waals surface area contributed by atoms with Crippen LogP contribution >= 0.6 is 23.2 Å². The van der Waals surface area contributed by atoms with Crippen LogP contribution in [0.1, 0.15) is 5.56 Å². The number of hydrogen-bond donors (Lipinski definition) is 1. The van der Waals surface area contributed by atoms with Crippen molar-refractivity contribution in [2.45, 2.75) is 6.92 Å². The van der Waals surface area contributed by atoms with Crippen LogP contribution in [-0.2, 0) is 14.3 Å². The molecule has 5 nitrogen and oxygen atoms in total. The molecule has 0 aromatic heterocycles. The number of carbonyl (C=O) groups is 2. The Morgan fingerprint density at radius 3 is 2.64 bits per heavy atom. The van der Waals surface area contributed by atoms with Crippen molar-refractivity contribution in [3.05, 3.63) is 57.8 Å². The number of carbonyl (C=O) groups excluding carboxylic acids is 2. The van der Waals surface area contributed by atoms with E-state index in [1.807, 2.05) is 6.92 Å². The van der Waals surface area contributed by atoms with Gasteiger partial charge in [-0.1, -0.05) is 29.3 Å². The van der Waals surface area contributed by atoms with E-state index in [0.29, 0.717) is 10.8 Å². The third-order valence-electron chi connectivity index (χ3n) is 3.00. The summed E-state index contributed by atoms with van der Waals surface area (Å²) in [4.78, 5) is 23.3. The van der Waals surface area contributed by atoms with Crippen LogP contribution in [-0.4, -0.2) is 25.1 Å². The van der Waals surface area contributed by atoms with Crippen LogP contribution in [0, 0.1) is 12.7 Å². The van der Waals surface area contributed by atoms with Gasteiger partial charge in [-0.2, -0.15) is 0 Å². The smallest absolute Gasteiger partial charge is 0.344 e. The number of benzene rings is 2. The van der Waals surface area contributed by atoms with Crippen molar-refractivity contribution in [2.24, 2.45) is 0 Å². The molecular formula is C17H14Cl2FNO4. The molecule has 0 saturated carbocycles. The first kappa shape index (κ1) is 19.0. The van der Waals surface area contributed by atoms with Crippen molar-refractivity contribution in [1.82, 2.24) is 0 Å². The molecule has 0 aliphatic heterocycles. The van der Waals surface area contributed by atoms with Crippen LogP contribution in [0.2, 0.25) is 10.0 Å². The molecule has 25 heavy (non-hydrogen) atoms. The monoisotopic (exact) mass is 385 g/mol. The average Bonchev–Trinajstić information content (AvgIpc) is 2.57. The molecule has 132 valence electrons. The Kier molecular flexibility index (Phi) is 6.61. The summed E-state index contributed by atoms with van der Waals surface area (Å²) in [5.41, 5.74) is 0.812. The average molecular weight is 386 g/mol. The van der Waals surface area contributed by atoms with E-state index in [2.05, 4.69) is 5.32 Å². The Balaban J connectivity index is 1.80. The molecule has 0 unspecified atom stereocenters. The largest absolute Gasteiger partial charge is 0.480 e. The fourth-order valence-corrected chi connectivity index (χ4v) is 2.17. The summed E-state index contributed by atoms with van der Waals surface area (Å²) in [5.74, 6) is -1.78. The SMILES string of the molecule is Cc1ccc(Cl)c(OCC(=O)OCC(=O)Nc2cc(Cl)ccc2F)c1. The first-order valence-corrected chi connectivity index (χ1v) is 7.90. The fourth-order valence-electron chi connectivity index (χ4n) is 1.83. The van der Waals surface area contributed by atoms with Crippen molar-refractivity contribution in [2.75, 3.05) is 18.5 Å². The highest BCUT2D eigenvalue weighted by molar-refractivity contribution is 6.32. The molecule has 0 atom stereocenters. The highest BCUT2D eigenvalue weighted by Crippen LogP contribution is 2.25. The zero-order valence-corrected chi connectivity index (χ0v) is 14.7. The van der Waals surface area contributed by atoms with Gasteiger partial charge in [0, 0.05) is 5.02 Å². The molecule has 8 heteroatoms. The Morgan fingerprint density at radius 1 is 1.12 bits per heavy atom. The Labute approximate surface area is 153 Å². The number of nitrogens with one attached hydrogen (secondary N) is 1. The maximum absolute atomic E-state index is 13.5. The summed E-state index contributed by atoms with van der Waals surface area (Å²) in [6, 6.07) is 8.82. The normalized spacial score (nSPS) is 10.2. The third-order valence-corrected chi connectivity index (χ3v) is 3.55. The number of rotatable bonds is 6. The fraction of sp³-hybridized carbons (Fsp3) is 0.176. The zero-order chi connectivity index (χ0) is 18.4. The molecular weight excluding hydrogens is 372 g/mol. The highest BCUT2D eigenvalue weighted by atomic mass is 35.5. The number of ether oxygens (including phenoxy) is 2. The number of amides is 1. The van der Waals surface area contributed by atoms with E-state index in [0.717, 1.165) is 11.6 Å². The molecule has 0 spiro atoms. The van der Waals surface area contributed by atoms with Crippen molar-refractivity contribution in [3.63, 3.8) is 0 Å². The predicted octanol–water partition coefficient (Wildman–Crippen LogP) is 4.00. The van der Waals surface area contributed by atoms with Gasteiger partial charge in [-0.05, 0) is 42.8 Å². The van der Waals surface area contributed by atoms with E-state index in [1.54, 1.807) is 18.2 Å². The molecule has 0 aliphatic rings. The van der Waals surface area contributed by atoms with Crippen molar-refractivity contribution in [3.8, 4) is 5.75 Å². The summed E-state index contributed by atoms with van der Waals surface area (Å²) in [5, 5.41) is 2.87. The third kappa shape index (κ3) is 5.92. The van der Waals surface area contributed by atoms with Crippen molar-refractivity contribution in [1.29, 1.82) is 0 Å². The van der Waals surface area contributed by atoms with E-state index in [1.165, 1.54) is 12.1 Å². The topological polar surface area (TPSA) is 64.6 Å². The first-order chi connectivity index (χ1) is 11.8. The van der Waals surface area contributed by atoms with E-state index < -0.39 is 30.9 Å². The molecule has 0 saturated heterocycles. The molecule has 0 aliphatic carbocycles. The molecule has 2 aromatic carbocycles. The summed E-state index contributed by atoms with van der Waals surface area (Å²) < 4.78 is 23.5. The van der Waals surface area contributed by atoms with E-state index in [9.17, 15) is 14.0 Å². The highest BCUT2D eigenvalue weighted by Gasteiger charge is 2.12. The number of esters is 1. The van der Waals surface area contributed by atoms with Gasteiger partial charge in [0.15, 0.2) is 13.2 Å². The van der Waals surface area contributed by atoms with Crippen LogP contribution in [0.25, 0.3) is 0 Å². The Bertz CT molecular complexity index is 798. The van der Waals surface area contributed by atoms with Gasteiger partial charge in [-0.3, -0.25) is 4.79 Å². The number of anilines is 1. The van der Waals surface area contributed by atoms with Crippen LogP contribution in [0.3, 0.4) is 0 Å². The second-order valence-corrected chi connectivity index (χ2v) is 5.90. The maximum Gasteiger partial charge on any atom is 0.344 e. The minimum Gasteiger partial charge on any atom is -0.480 e. The van der Waals surface area contributed by atoms with Crippen molar-refractivity contribution < 1.29 is 23.5 Å². The maximum atomic E-state index is 13.5. The Hall–Kier alpha value is -2.31. The second-order valence-electron chi connectivity index (χ2n) is 5.06. The lowest BCUT2D eigenvalue weighted by Gasteiger charge is -2.10. The zero-order valence-electron chi connectivity index (χ0n) is 13.1. The summed E-state index contributed by atoms with van der Waals surface area (Å²) in [6.07, 6.45) is 0.